The van der Waals surface area contributed by atoms with Gasteiger partial charge in [-0.1, -0.05) is 47.2 Å². The quantitative estimate of drug-likeness (QED) is 0.726. The highest BCUT2D eigenvalue weighted by molar-refractivity contribution is 7.22. The molecule has 22 heavy (non-hydrogen) atoms. The van der Waals surface area contributed by atoms with Crippen LogP contribution in [-0.4, -0.2) is 24.4 Å². The Morgan fingerprint density at radius 2 is 2.00 bits per heavy atom. The number of hydrogen-bond acceptors (Lipinski definition) is 5. The Morgan fingerprint density at radius 3 is 2.73 bits per heavy atom. The third-order valence-corrected chi connectivity index (χ3v) is 4.35. The number of nitrogens with zero attached hydrogens (tertiary/aromatic N) is 1. The van der Waals surface area contributed by atoms with Crippen LogP contribution in [0.4, 0.5) is 5.13 Å². The number of aromatic nitrogens is 1. The smallest absolute Gasteiger partial charge is 0.184 e. The molecule has 0 fully saturated rings. The van der Waals surface area contributed by atoms with Crippen LogP contribution in [-0.2, 0) is 0 Å². The molecule has 0 amide bonds. The Labute approximate surface area is 132 Å². The van der Waals surface area contributed by atoms with Crippen LogP contribution in [0.15, 0.2) is 42.5 Å². The lowest BCUT2D eigenvalue weighted by molar-refractivity contribution is 0.101. The summed E-state index contributed by atoms with van der Waals surface area (Å²) in [5.41, 5.74) is 2.67. The lowest BCUT2D eigenvalue weighted by Crippen LogP contribution is -2.13. The van der Waals surface area contributed by atoms with Crippen LogP contribution in [0.5, 0.6) is 5.75 Å². The molecule has 4 nitrogen and oxygen atoms in total. The van der Waals surface area contributed by atoms with Gasteiger partial charge in [0.05, 0.1) is 18.4 Å². The lowest BCUT2D eigenvalue weighted by atomic mass is 10.1. The molecule has 1 aromatic heterocycles. The molecule has 0 aliphatic heterocycles. The van der Waals surface area contributed by atoms with Crippen LogP contribution in [0, 0.1) is 6.92 Å². The van der Waals surface area contributed by atoms with Crippen LogP contribution in [0.25, 0.3) is 10.2 Å². The molecule has 0 aliphatic carbocycles. The number of Topliss-reactive ketones (excluding diaryl/α,β-unsaturated/α-hetero) is 1. The number of nitrogens with one attached hydrogen (secondary N) is 1. The average Bonchev–Trinajstić information content (AvgIpc) is 2.96. The van der Waals surface area contributed by atoms with Gasteiger partial charge in [-0.2, -0.15) is 0 Å². The van der Waals surface area contributed by atoms with Crippen molar-refractivity contribution < 1.29 is 9.53 Å². The summed E-state index contributed by atoms with van der Waals surface area (Å²) in [7, 11) is 1.63. The fraction of sp³-hybridized carbons (Fsp3) is 0.176. The Hall–Kier alpha value is -2.40. The first-order valence-corrected chi connectivity index (χ1v) is 7.76. The first-order valence-electron chi connectivity index (χ1n) is 6.94. The maximum absolute atomic E-state index is 12.2. The van der Waals surface area contributed by atoms with E-state index in [-0.39, 0.29) is 12.3 Å². The molecular weight excluding hydrogens is 296 g/mol. The maximum Gasteiger partial charge on any atom is 0.184 e. The standard InChI is InChI=1S/C17H16N2O2S/c1-11-6-8-12(9-7-11)13(20)10-18-17-19-16-14(21-2)4-3-5-15(16)22-17/h3-9H,10H2,1-2H3,(H,18,19). The minimum Gasteiger partial charge on any atom is -0.494 e. The molecule has 0 spiro atoms. The molecule has 0 bridgehead atoms. The van der Waals surface area contributed by atoms with Gasteiger partial charge < -0.3 is 10.1 Å². The summed E-state index contributed by atoms with van der Waals surface area (Å²) in [4.78, 5) is 16.7. The van der Waals surface area contributed by atoms with E-state index in [2.05, 4.69) is 10.3 Å². The topological polar surface area (TPSA) is 51.2 Å². The van der Waals surface area contributed by atoms with Crippen LogP contribution in [0.2, 0.25) is 0 Å². The van der Waals surface area contributed by atoms with Gasteiger partial charge in [-0.15, -0.1) is 0 Å². The monoisotopic (exact) mass is 312 g/mol. The molecule has 0 unspecified atom stereocenters. The van der Waals surface area contributed by atoms with E-state index in [1.807, 2.05) is 49.4 Å². The first kappa shape index (κ1) is 14.5. The van der Waals surface area contributed by atoms with Crippen molar-refractivity contribution in [1.29, 1.82) is 0 Å². The summed E-state index contributed by atoms with van der Waals surface area (Å²) >= 11 is 1.51. The highest BCUT2D eigenvalue weighted by atomic mass is 32.1. The van der Waals surface area contributed by atoms with Crippen molar-refractivity contribution in [1.82, 2.24) is 4.98 Å². The predicted octanol–water partition coefficient (Wildman–Crippen LogP) is 3.91. The number of thiazole rings is 1. The number of aryl methyl sites for hydroxylation is 1. The number of benzene rings is 2. The van der Waals surface area contributed by atoms with Crippen molar-refractivity contribution in [3.05, 3.63) is 53.6 Å². The van der Waals surface area contributed by atoms with Gasteiger partial charge in [0.15, 0.2) is 10.9 Å². The SMILES string of the molecule is COc1cccc2sc(NCC(=O)c3ccc(C)cc3)nc12. The number of anilines is 1. The zero-order chi connectivity index (χ0) is 15.5. The van der Waals surface area contributed by atoms with E-state index in [4.69, 9.17) is 4.74 Å². The Balaban J connectivity index is 1.73. The molecule has 5 heteroatoms. The maximum atomic E-state index is 12.2. The summed E-state index contributed by atoms with van der Waals surface area (Å²) in [5.74, 6) is 0.790. The third kappa shape index (κ3) is 2.94. The minimum absolute atomic E-state index is 0.0474. The fourth-order valence-corrected chi connectivity index (χ4v) is 3.04. The molecule has 112 valence electrons. The van der Waals surface area contributed by atoms with Gasteiger partial charge in [-0.05, 0) is 19.1 Å². The second-order valence-electron chi connectivity index (χ2n) is 4.97. The van der Waals surface area contributed by atoms with Crippen molar-refractivity contribution in [3.8, 4) is 5.75 Å². The lowest BCUT2D eigenvalue weighted by Gasteiger charge is -2.02. The van der Waals surface area contributed by atoms with Gasteiger partial charge in [-0.3, -0.25) is 4.79 Å². The molecule has 3 rings (SSSR count). The van der Waals surface area contributed by atoms with E-state index in [0.29, 0.717) is 5.56 Å². The Morgan fingerprint density at radius 1 is 1.23 bits per heavy atom. The summed E-state index contributed by atoms with van der Waals surface area (Å²) in [6, 6.07) is 13.4. The fourth-order valence-electron chi connectivity index (χ4n) is 2.16. The van der Waals surface area contributed by atoms with Crippen LogP contribution in [0.1, 0.15) is 15.9 Å². The molecule has 0 saturated heterocycles. The summed E-state index contributed by atoms with van der Waals surface area (Å²) in [6.07, 6.45) is 0. The van der Waals surface area contributed by atoms with Crippen molar-refractivity contribution >= 4 is 32.5 Å². The van der Waals surface area contributed by atoms with E-state index in [1.165, 1.54) is 11.3 Å². The third-order valence-electron chi connectivity index (χ3n) is 3.38. The molecule has 0 atom stereocenters. The van der Waals surface area contributed by atoms with Gasteiger partial charge in [0.25, 0.3) is 0 Å². The number of fused-ring (bicyclic) bond motifs is 1. The first-order chi connectivity index (χ1) is 10.7. The van der Waals surface area contributed by atoms with Gasteiger partial charge in [0.2, 0.25) is 0 Å². The second kappa shape index (κ2) is 6.15. The number of carbonyl (C=O) groups is 1. The molecule has 3 aromatic rings. The van der Waals surface area contributed by atoms with Gasteiger partial charge >= 0.3 is 0 Å². The van der Waals surface area contributed by atoms with Crippen molar-refractivity contribution in [2.24, 2.45) is 0 Å². The van der Waals surface area contributed by atoms with E-state index in [0.717, 1.165) is 26.7 Å². The number of para-hydroxylation sites is 1. The van der Waals surface area contributed by atoms with Crippen LogP contribution in [0.3, 0.4) is 0 Å². The van der Waals surface area contributed by atoms with Crippen LogP contribution >= 0.6 is 11.3 Å². The van der Waals surface area contributed by atoms with Crippen LogP contribution < -0.4 is 10.1 Å². The molecular formula is C17H16N2O2S. The number of carbonyl (C=O) groups excluding carboxylic acids is 1. The van der Waals surface area contributed by atoms with E-state index >= 15 is 0 Å². The number of ether oxygens (including phenoxy) is 1. The molecule has 0 saturated carbocycles. The number of methoxy groups -OCH3 is 1. The van der Waals surface area contributed by atoms with Crippen molar-refractivity contribution in [3.63, 3.8) is 0 Å². The van der Waals surface area contributed by atoms with E-state index in [1.54, 1.807) is 7.11 Å². The number of hydrogen-bond donors (Lipinski definition) is 1. The molecule has 2 aromatic carbocycles. The van der Waals surface area contributed by atoms with Gasteiger partial charge in [0, 0.05) is 5.56 Å². The summed E-state index contributed by atoms with van der Waals surface area (Å²) in [6.45, 7) is 2.23. The molecule has 1 N–H and O–H groups in total. The Bertz CT molecular complexity index is 809. The minimum atomic E-state index is 0.0474. The zero-order valence-electron chi connectivity index (χ0n) is 12.4. The largest absolute Gasteiger partial charge is 0.494 e. The predicted molar refractivity (Wildman–Crippen MR) is 90.2 cm³/mol. The highest BCUT2D eigenvalue weighted by Gasteiger charge is 2.10. The summed E-state index contributed by atoms with van der Waals surface area (Å²) < 4.78 is 6.33. The molecule has 0 aliphatic rings. The number of ketones is 1. The van der Waals surface area contributed by atoms with E-state index in [9.17, 15) is 4.79 Å². The van der Waals surface area contributed by atoms with Gasteiger partial charge in [-0.25, -0.2) is 4.98 Å². The molecule has 0 radical (unpaired) electrons. The van der Waals surface area contributed by atoms with Gasteiger partial charge in [0.1, 0.15) is 11.3 Å². The Kier molecular flexibility index (Phi) is 4.06. The van der Waals surface area contributed by atoms with E-state index < -0.39 is 0 Å². The number of rotatable bonds is 5. The average molecular weight is 312 g/mol. The van der Waals surface area contributed by atoms with Crippen molar-refractivity contribution in [2.45, 2.75) is 6.92 Å². The summed E-state index contributed by atoms with van der Waals surface area (Å²) in [5, 5.41) is 3.82. The second-order valence-corrected chi connectivity index (χ2v) is 6.00. The normalized spacial score (nSPS) is 10.6. The highest BCUT2D eigenvalue weighted by Crippen LogP contribution is 2.31. The van der Waals surface area contributed by atoms with Crippen molar-refractivity contribution in [2.75, 3.05) is 19.0 Å². The molecule has 1 heterocycles. The zero-order valence-corrected chi connectivity index (χ0v) is 13.2.